The first kappa shape index (κ1) is 21.2. The molecule has 0 spiro atoms. The fourth-order valence-electron chi connectivity index (χ4n) is 3.79. The first-order chi connectivity index (χ1) is 13.4. The molecule has 1 aliphatic carbocycles. The highest BCUT2D eigenvalue weighted by Gasteiger charge is 2.25. The van der Waals surface area contributed by atoms with Gasteiger partial charge in [-0.25, -0.2) is 0 Å². The lowest BCUT2D eigenvalue weighted by Crippen LogP contribution is -2.31. The first-order valence-corrected chi connectivity index (χ1v) is 11.0. The number of carbonyl (C=O) groups is 1. The Kier molecular flexibility index (Phi) is 7.05. The number of methoxy groups -OCH3 is 1. The maximum Gasteiger partial charge on any atom is 0.273 e. The molecule has 0 unspecified atom stereocenters. The number of aryl methyl sites for hydroxylation is 1. The van der Waals surface area contributed by atoms with E-state index >= 15 is 0 Å². The number of rotatable bonds is 6. The number of nitrogens with one attached hydrogen (secondary N) is 1. The smallest absolute Gasteiger partial charge is 0.273 e. The van der Waals surface area contributed by atoms with Gasteiger partial charge in [-0.05, 0) is 49.8 Å². The summed E-state index contributed by atoms with van der Waals surface area (Å²) in [5.74, 6) is 1.80. The molecule has 5 nitrogen and oxygen atoms in total. The van der Waals surface area contributed by atoms with Crippen LogP contribution >= 0.6 is 27.5 Å². The number of carbonyl (C=O) groups excluding carboxylic acids is 1. The van der Waals surface area contributed by atoms with E-state index in [4.69, 9.17) is 16.3 Å². The Morgan fingerprint density at radius 2 is 2.07 bits per heavy atom. The number of hydrogen-bond donors (Lipinski definition) is 1. The molecule has 1 aromatic carbocycles. The molecule has 1 saturated carbocycles. The number of benzene rings is 1. The van der Waals surface area contributed by atoms with Gasteiger partial charge in [-0.3, -0.25) is 9.48 Å². The zero-order valence-electron chi connectivity index (χ0n) is 16.6. The van der Waals surface area contributed by atoms with Crippen molar-refractivity contribution in [1.82, 2.24) is 15.1 Å². The molecule has 152 valence electrons. The van der Waals surface area contributed by atoms with Gasteiger partial charge in [0.2, 0.25) is 0 Å². The van der Waals surface area contributed by atoms with E-state index in [0.29, 0.717) is 35.5 Å². The van der Waals surface area contributed by atoms with Crippen molar-refractivity contribution in [2.24, 2.45) is 11.8 Å². The van der Waals surface area contributed by atoms with E-state index in [9.17, 15) is 4.79 Å². The molecule has 7 heteroatoms. The highest BCUT2D eigenvalue weighted by Crippen LogP contribution is 2.38. The van der Waals surface area contributed by atoms with Crippen molar-refractivity contribution in [2.45, 2.75) is 46.1 Å². The predicted octanol–water partition coefficient (Wildman–Crippen LogP) is 5.55. The number of hydrogen-bond acceptors (Lipinski definition) is 3. The average molecular weight is 469 g/mol. The fourth-order valence-corrected chi connectivity index (χ4v) is 4.45. The van der Waals surface area contributed by atoms with Crippen molar-refractivity contribution in [2.75, 3.05) is 13.7 Å². The van der Waals surface area contributed by atoms with Crippen LogP contribution in [0.1, 0.15) is 50.0 Å². The lowest BCUT2D eigenvalue weighted by Gasteiger charge is -2.26. The van der Waals surface area contributed by atoms with Gasteiger partial charge in [-0.15, -0.1) is 0 Å². The van der Waals surface area contributed by atoms with Crippen LogP contribution in [-0.4, -0.2) is 29.3 Å². The molecule has 0 atom stereocenters. The van der Waals surface area contributed by atoms with Crippen LogP contribution in [0.25, 0.3) is 11.3 Å². The number of nitrogens with zero attached hydrogens (tertiary/aromatic N) is 2. The lowest BCUT2D eigenvalue weighted by atomic mass is 9.83. The molecule has 3 rings (SSSR count). The molecule has 0 bridgehead atoms. The molecular formula is C21H27BrClN3O2. The summed E-state index contributed by atoms with van der Waals surface area (Å²) >= 11 is 10.1. The van der Waals surface area contributed by atoms with E-state index < -0.39 is 0 Å². The normalized spacial score (nSPS) is 19.5. The van der Waals surface area contributed by atoms with Gasteiger partial charge in [0.25, 0.3) is 5.91 Å². The second-order valence-corrected chi connectivity index (χ2v) is 8.80. The molecule has 0 radical (unpaired) electrons. The van der Waals surface area contributed by atoms with Gasteiger partial charge < -0.3 is 10.1 Å². The van der Waals surface area contributed by atoms with Crippen molar-refractivity contribution >= 4 is 33.4 Å². The van der Waals surface area contributed by atoms with Gasteiger partial charge >= 0.3 is 0 Å². The van der Waals surface area contributed by atoms with E-state index in [1.807, 2.05) is 25.1 Å². The maximum atomic E-state index is 12.8. The second kappa shape index (κ2) is 9.31. The Balaban J connectivity index is 1.83. The molecule has 0 saturated heterocycles. The summed E-state index contributed by atoms with van der Waals surface area (Å²) in [6.07, 6.45) is 4.80. The highest BCUT2D eigenvalue weighted by molar-refractivity contribution is 9.10. The minimum Gasteiger partial charge on any atom is -0.496 e. The summed E-state index contributed by atoms with van der Waals surface area (Å²) in [4.78, 5) is 12.8. The van der Waals surface area contributed by atoms with Gasteiger partial charge in [0.1, 0.15) is 5.75 Å². The average Bonchev–Trinajstić information content (AvgIpc) is 3.03. The van der Waals surface area contributed by atoms with E-state index in [0.717, 1.165) is 16.0 Å². The third-order valence-corrected chi connectivity index (χ3v) is 6.37. The molecule has 0 aliphatic heterocycles. The second-order valence-electron chi connectivity index (χ2n) is 7.51. The predicted molar refractivity (Wildman–Crippen MR) is 116 cm³/mol. The molecule has 1 fully saturated rings. The van der Waals surface area contributed by atoms with Gasteiger partial charge in [-0.1, -0.05) is 47.3 Å². The summed E-state index contributed by atoms with van der Waals surface area (Å²) in [5, 5.41) is 7.88. The minimum absolute atomic E-state index is 0.215. The molecule has 1 N–H and O–H groups in total. The SMILES string of the molecule is CCn1nc(C(=O)NCC2CCC(C)CC2)c(Cl)c1-c1ccc(Br)cc1OC. The Labute approximate surface area is 179 Å². The third kappa shape index (κ3) is 4.54. The lowest BCUT2D eigenvalue weighted by molar-refractivity contribution is 0.0936. The van der Waals surface area contributed by atoms with Crippen LogP contribution in [0.3, 0.4) is 0 Å². The summed E-state index contributed by atoms with van der Waals surface area (Å²) in [5.41, 5.74) is 1.78. The van der Waals surface area contributed by atoms with Gasteiger partial charge in [0.15, 0.2) is 5.69 Å². The maximum absolute atomic E-state index is 12.8. The van der Waals surface area contributed by atoms with E-state index in [2.05, 4.69) is 33.3 Å². The van der Waals surface area contributed by atoms with Gasteiger partial charge in [0.05, 0.1) is 17.8 Å². The Morgan fingerprint density at radius 3 is 2.71 bits per heavy atom. The van der Waals surface area contributed by atoms with Crippen molar-refractivity contribution in [1.29, 1.82) is 0 Å². The molecule has 1 amide bonds. The van der Waals surface area contributed by atoms with Crippen molar-refractivity contribution in [3.8, 4) is 17.0 Å². The summed E-state index contributed by atoms with van der Waals surface area (Å²) in [7, 11) is 1.62. The Morgan fingerprint density at radius 1 is 1.36 bits per heavy atom. The van der Waals surface area contributed by atoms with E-state index in [-0.39, 0.29) is 11.6 Å². The fraction of sp³-hybridized carbons (Fsp3) is 0.524. The van der Waals surface area contributed by atoms with Crippen LogP contribution in [0.5, 0.6) is 5.75 Å². The molecule has 2 aromatic rings. The van der Waals surface area contributed by atoms with E-state index in [1.165, 1.54) is 25.7 Å². The van der Waals surface area contributed by atoms with Crippen LogP contribution in [-0.2, 0) is 6.54 Å². The largest absolute Gasteiger partial charge is 0.496 e. The molecule has 1 aromatic heterocycles. The number of amides is 1. The van der Waals surface area contributed by atoms with Crippen LogP contribution in [0.4, 0.5) is 0 Å². The van der Waals surface area contributed by atoms with Crippen LogP contribution in [0.15, 0.2) is 22.7 Å². The van der Waals surface area contributed by atoms with Crippen LogP contribution in [0, 0.1) is 11.8 Å². The van der Waals surface area contributed by atoms with Gasteiger partial charge in [0, 0.05) is 23.1 Å². The monoisotopic (exact) mass is 467 g/mol. The number of aromatic nitrogens is 2. The third-order valence-electron chi connectivity index (χ3n) is 5.51. The summed E-state index contributed by atoms with van der Waals surface area (Å²) < 4.78 is 8.17. The van der Waals surface area contributed by atoms with Crippen LogP contribution < -0.4 is 10.1 Å². The topological polar surface area (TPSA) is 56.2 Å². The molecule has 1 heterocycles. The summed E-state index contributed by atoms with van der Waals surface area (Å²) in [6, 6.07) is 5.72. The summed E-state index contributed by atoms with van der Waals surface area (Å²) in [6.45, 7) is 5.55. The van der Waals surface area contributed by atoms with E-state index in [1.54, 1.807) is 11.8 Å². The molecule has 1 aliphatic rings. The molecule has 28 heavy (non-hydrogen) atoms. The minimum atomic E-state index is -0.215. The standard InChI is InChI=1S/C21H27BrClN3O2/c1-4-26-20(16-10-9-15(22)11-17(16)28-3)18(23)19(25-26)21(27)24-12-14-7-5-13(2)6-8-14/h9-11,13-14H,4-8,12H2,1-3H3,(H,24,27). The van der Waals surface area contributed by atoms with Crippen molar-refractivity contribution < 1.29 is 9.53 Å². The zero-order valence-corrected chi connectivity index (χ0v) is 18.9. The van der Waals surface area contributed by atoms with Gasteiger partial charge in [-0.2, -0.15) is 5.10 Å². The zero-order chi connectivity index (χ0) is 20.3. The highest BCUT2D eigenvalue weighted by atomic mass is 79.9. The molecular weight excluding hydrogens is 442 g/mol. The quantitative estimate of drug-likeness (QED) is 0.604. The van der Waals surface area contributed by atoms with Crippen LogP contribution in [0.2, 0.25) is 5.02 Å². The Bertz CT molecular complexity index is 844. The van der Waals surface area contributed by atoms with Crippen molar-refractivity contribution in [3.63, 3.8) is 0 Å². The number of ether oxygens (including phenoxy) is 1. The first-order valence-electron chi connectivity index (χ1n) is 9.83. The Hall–Kier alpha value is -1.53. The van der Waals surface area contributed by atoms with Crippen molar-refractivity contribution in [3.05, 3.63) is 33.4 Å². The number of halogens is 2.